The Bertz CT molecular complexity index is 1140. The summed E-state index contributed by atoms with van der Waals surface area (Å²) < 4.78 is 34.4. The Labute approximate surface area is 236 Å². The number of amides is 2. The second-order valence-corrected chi connectivity index (χ2v) is 13.2. The number of hydrogen-bond acceptors (Lipinski definition) is 6. The number of carbonyl (C=O) groups is 2. The van der Waals surface area contributed by atoms with E-state index in [2.05, 4.69) is 10.6 Å². The molecule has 0 fully saturated rings. The smallest absolute Gasteiger partial charge is 0.326 e. The lowest BCUT2D eigenvalue weighted by atomic mass is 10.1. The Hall–Kier alpha value is -2.32. The van der Waals surface area contributed by atoms with Crippen LogP contribution in [0.1, 0.15) is 76.3 Å². The van der Waals surface area contributed by atoms with Crippen LogP contribution in [0.25, 0.3) is 0 Å². The van der Waals surface area contributed by atoms with Gasteiger partial charge in [-0.25, -0.2) is 0 Å². The lowest BCUT2D eigenvalue weighted by Crippen LogP contribution is -2.11. The van der Waals surface area contributed by atoms with E-state index in [4.69, 9.17) is 18.8 Å². The molecule has 0 aliphatic heterocycles. The molecule has 222 valence electrons. The lowest BCUT2D eigenvalue weighted by molar-refractivity contribution is -0.117. The molecule has 0 heterocycles. The highest BCUT2D eigenvalue weighted by Gasteiger charge is 2.24. The summed E-state index contributed by atoms with van der Waals surface area (Å²) in [6.07, 6.45) is 6.09. The quantitative estimate of drug-likeness (QED) is 0.102. The predicted octanol–water partition coefficient (Wildman–Crippen LogP) is 6.83. The van der Waals surface area contributed by atoms with Crippen molar-refractivity contribution in [2.24, 2.45) is 0 Å². The van der Waals surface area contributed by atoms with Gasteiger partial charge in [-0.15, -0.1) is 0 Å². The Morgan fingerprint density at radius 2 is 1.02 bits per heavy atom. The summed E-state index contributed by atoms with van der Waals surface area (Å²) in [6, 6.07) is 13.7. The van der Waals surface area contributed by atoms with Gasteiger partial charge < -0.3 is 29.5 Å². The third kappa shape index (κ3) is 14.4. The lowest BCUT2D eigenvalue weighted by Gasteiger charge is -2.17. The van der Waals surface area contributed by atoms with Crippen LogP contribution >= 0.6 is 15.2 Å². The second kappa shape index (κ2) is 17.5. The molecule has 12 heteroatoms. The summed E-state index contributed by atoms with van der Waals surface area (Å²) >= 11 is 0. The summed E-state index contributed by atoms with van der Waals surface area (Å²) in [5.41, 5.74) is 2.62. The molecule has 2 aromatic carbocycles. The first-order valence-electron chi connectivity index (χ1n) is 13.7. The van der Waals surface area contributed by atoms with Crippen molar-refractivity contribution in [3.63, 3.8) is 0 Å². The SMILES string of the molecule is CCOP(=O)(Cc1ccc(NC(=O)CCCCCCCCC(=O)Nc2ccc(CP(=O)(O)O)cc2)cc1)OCC. The molecule has 0 bridgehead atoms. The van der Waals surface area contributed by atoms with Crippen molar-refractivity contribution in [2.75, 3.05) is 23.8 Å². The van der Waals surface area contributed by atoms with Crippen molar-refractivity contribution in [3.05, 3.63) is 59.7 Å². The van der Waals surface area contributed by atoms with Crippen LogP contribution < -0.4 is 10.6 Å². The van der Waals surface area contributed by atoms with E-state index in [0.29, 0.717) is 43.0 Å². The molecule has 10 nitrogen and oxygen atoms in total. The van der Waals surface area contributed by atoms with Gasteiger partial charge in [-0.3, -0.25) is 18.7 Å². The van der Waals surface area contributed by atoms with E-state index >= 15 is 0 Å². The maximum atomic E-state index is 12.7. The van der Waals surface area contributed by atoms with E-state index in [1.54, 1.807) is 50.2 Å². The third-order valence-electron chi connectivity index (χ3n) is 5.95. The van der Waals surface area contributed by atoms with Crippen LogP contribution in [0.3, 0.4) is 0 Å². The van der Waals surface area contributed by atoms with Crippen molar-refractivity contribution in [1.29, 1.82) is 0 Å². The second-order valence-electron chi connectivity index (χ2n) is 9.54. The van der Waals surface area contributed by atoms with E-state index in [0.717, 1.165) is 44.1 Å². The number of rotatable bonds is 19. The van der Waals surface area contributed by atoms with Crippen molar-refractivity contribution in [2.45, 2.75) is 77.5 Å². The van der Waals surface area contributed by atoms with Crippen LogP contribution in [0.2, 0.25) is 0 Å². The number of hydrogen-bond donors (Lipinski definition) is 4. The van der Waals surface area contributed by atoms with Gasteiger partial charge in [0.25, 0.3) is 0 Å². The van der Waals surface area contributed by atoms with Crippen LogP contribution in [-0.2, 0) is 40.1 Å². The number of benzene rings is 2. The first-order chi connectivity index (χ1) is 19.0. The van der Waals surface area contributed by atoms with Crippen LogP contribution in [-0.4, -0.2) is 34.8 Å². The van der Waals surface area contributed by atoms with E-state index in [1.165, 1.54) is 0 Å². The summed E-state index contributed by atoms with van der Waals surface area (Å²) in [6.45, 7) is 4.18. The molecule has 0 atom stereocenters. The molecule has 0 aromatic heterocycles. The fraction of sp³-hybridized carbons (Fsp3) is 0.500. The molecule has 0 aliphatic rings. The molecule has 0 unspecified atom stereocenters. The predicted molar refractivity (Wildman–Crippen MR) is 157 cm³/mol. The van der Waals surface area contributed by atoms with Gasteiger partial charge in [0.15, 0.2) is 0 Å². The van der Waals surface area contributed by atoms with Gasteiger partial charge in [-0.2, -0.15) is 0 Å². The molecule has 2 aromatic rings. The van der Waals surface area contributed by atoms with Crippen molar-refractivity contribution >= 4 is 38.4 Å². The molecule has 2 rings (SSSR count). The highest BCUT2D eigenvalue weighted by atomic mass is 31.2. The van der Waals surface area contributed by atoms with Crippen molar-refractivity contribution in [3.8, 4) is 0 Å². The molecular weight excluding hydrogens is 554 g/mol. The van der Waals surface area contributed by atoms with E-state index in [-0.39, 0.29) is 24.1 Å². The van der Waals surface area contributed by atoms with Crippen molar-refractivity contribution < 1.29 is 37.6 Å². The Balaban J connectivity index is 1.55. The number of unbranched alkanes of at least 4 members (excludes halogenated alkanes) is 5. The van der Waals surface area contributed by atoms with Gasteiger partial charge in [-0.1, -0.05) is 49.9 Å². The standard InChI is InChI=1S/C28H42N2O8P2/c1-3-37-40(36,38-4-2)22-24-15-19-26(20-16-24)30-28(32)12-10-8-6-5-7-9-11-27(31)29-25-17-13-23(14-18-25)21-39(33,34)35/h13-20H,3-12,21-22H2,1-2H3,(H,29,31)(H,30,32)(H2,33,34,35). The summed E-state index contributed by atoms with van der Waals surface area (Å²) in [5.74, 6) is -0.140. The fourth-order valence-corrected chi connectivity index (χ4v) is 6.48. The largest absolute Gasteiger partial charge is 0.335 e. The molecule has 4 N–H and O–H groups in total. The van der Waals surface area contributed by atoms with E-state index in [9.17, 15) is 18.7 Å². The molecule has 0 saturated heterocycles. The fourth-order valence-electron chi connectivity index (χ4n) is 4.10. The van der Waals surface area contributed by atoms with E-state index < -0.39 is 15.2 Å². The molecule has 0 saturated carbocycles. The highest BCUT2D eigenvalue weighted by molar-refractivity contribution is 7.53. The first kappa shape index (κ1) is 33.9. The van der Waals surface area contributed by atoms with Gasteiger partial charge in [0.05, 0.1) is 25.5 Å². The molecule has 2 amide bonds. The Kier molecular flexibility index (Phi) is 14.8. The number of nitrogens with one attached hydrogen (secondary N) is 2. The maximum Gasteiger partial charge on any atom is 0.335 e. The van der Waals surface area contributed by atoms with Crippen LogP contribution in [0.15, 0.2) is 48.5 Å². The van der Waals surface area contributed by atoms with Gasteiger partial charge in [0.2, 0.25) is 11.8 Å². The minimum absolute atomic E-state index is 0.0477. The maximum absolute atomic E-state index is 12.7. The zero-order chi connectivity index (χ0) is 29.4. The molecular formula is C28H42N2O8P2. The summed E-state index contributed by atoms with van der Waals surface area (Å²) in [5, 5.41) is 5.69. The minimum Gasteiger partial charge on any atom is -0.326 e. The monoisotopic (exact) mass is 596 g/mol. The van der Waals surface area contributed by atoms with Gasteiger partial charge in [-0.05, 0) is 62.1 Å². The minimum atomic E-state index is -4.11. The van der Waals surface area contributed by atoms with Crippen LogP contribution in [0.5, 0.6) is 0 Å². The average Bonchev–Trinajstić information content (AvgIpc) is 2.87. The van der Waals surface area contributed by atoms with Crippen LogP contribution in [0.4, 0.5) is 11.4 Å². The van der Waals surface area contributed by atoms with E-state index in [1.807, 2.05) is 12.1 Å². The Morgan fingerprint density at radius 1 is 0.650 bits per heavy atom. The van der Waals surface area contributed by atoms with Gasteiger partial charge in [0, 0.05) is 24.2 Å². The molecule has 40 heavy (non-hydrogen) atoms. The summed E-state index contributed by atoms with van der Waals surface area (Å²) in [7, 11) is -7.28. The number of carbonyl (C=O) groups excluding carboxylic acids is 2. The Morgan fingerprint density at radius 3 is 1.40 bits per heavy atom. The van der Waals surface area contributed by atoms with Crippen LogP contribution in [0, 0.1) is 0 Å². The van der Waals surface area contributed by atoms with Crippen molar-refractivity contribution in [1.82, 2.24) is 0 Å². The zero-order valence-electron chi connectivity index (χ0n) is 23.3. The van der Waals surface area contributed by atoms with Gasteiger partial charge in [0.1, 0.15) is 0 Å². The zero-order valence-corrected chi connectivity index (χ0v) is 25.1. The molecule has 0 spiro atoms. The number of anilines is 2. The normalized spacial score (nSPS) is 11.8. The first-order valence-corrected chi connectivity index (χ1v) is 17.2. The molecule has 0 radical (unpaired) electrons. The highest BCUT2D eigenvalue weighted by Crippen LogP contribution is 2.51. The average molecular weight is 597 g/mol. The van der Waals surface area contributed by atoms with Gasteiger partial charge >= 0.3 is 15.2 Å². The molecule has 0 aliphatic carbocycles. The third-order valence-corrected chi connectivity index (χ3v) is 8.78. The summed E-state index contributed by atoms with van der Waals surface area (Å²) in [4.78, 5) is 42.4. The topological polar surface area (TPSA) is 151 Å².